The van der Waals surface area contributed by atoms with E-state index in [1.807, 2.05) is 0 Å². The van der Waals surface area contributed by atoms with Crippen LogP contribution in [0.15, 0.2) is 60.8 Å². The van der Waals surface area contributed by atoms with Crippen LogP contribution in [0.1, 0.15) is 21.6 Å². The molecule has 148 valence electrons. The molecule has 0 unspecified atom stereocenters. The van der Waals surface area contributed by atoms with E-state index in [9.17, 15) is 14.0 Å². The number of carbonyl (C=O) groups is 2. The average Bonchev–Trinajstić information content (AvgIpc) is 3.19. The number of ether oxygens (including phenoxy) is 2. The molecule has 0 aliphatic heterocycles. The van der Waals surface area contributed by atoms with Gasteiger partial charge in [0.15, 0.2) is 17.3 Å². The van der Waals surface area contributed by atoms with Crippen LogP contribution in [-0.2, 0) is 9.53 Å². The van der Waals surface area contributed by atoms with Gasteiger partial charge in [-0.05, 0) is 48.5 Å². The number of hydrogen-bond donors (Lipinski definition) is 0. The number of ketones is 1. The number of hydrogen-bond acceptors (Lipinski definition) is 4. The van der Waals surface area contributed by atoms with Gasteiger partial charge in [0.05, 0.1) is 25.5 Å². The molecule has 0 saturated carbocycles. The number of halogens is 2. The van der Waals surface area contributed by atoms with Gasteiger partial charge >= 0.3 is 5.97 Å². The zero-order chi connectivity index (χ0) is 21.0. The molecule has 0 aliphatic carbocycles. The average molecular weight is 414 g/mol. The second-order valence-corrected chi connectivity index (χ2v) is 6.41. The fourth-order valence-electron chi connectivity index (χ4n) is 2.91. The van der Waals surface area contributed by atoms with Gasteiger partial charge in [0.25, 0.3) is 0 Å². The van der Waals surface area contributed by atoms with Gasteiger partial charge in [-0.2, -0.15) is 0 Å². The van der Waals surface area contributed by atoms with Crippen molar-refractivity contribution >= 4 is 29.4 Å². The van der Waals surface area contributed by atoms with E-state index in [1.54, 1.807) is 41.1 Å². The number of benzene rings is 2. The molecule has 0 bridgehead atoms. The van der Waals surface area contributed by atoms with Gasteiger partial charge < -0.3 is 14.0 Å². The number of nitrogens with zero attached hydrogens (tertiary/aromatic N) is 1. The second-order valence-electron chi connectivity index (χ2n) is 5.97. The molecular formula is C22H17ClFNO4. The minimum Gasteiger partial charge on any atom is -0.493 e. The van der Waals surface area contributed by atoms with Crippen molar-refractivity contribution in [1.82, 2.24) is 4.57 Å². The van der Waals surface area contributed by atoms with Crippen molar-refractivity contribution in [2.45, 2.75) is 0 Å². The van der Waals surface area contributed by atoms with Crippen molar-refractivity contribution in [2.75, 3.05) is 14.2 Å². The lowest BCUT2D eigenvalue weighted by molar-refractivity contribution is -0.134. The summed E-state index contributed by atoms with van der Waals surface area (Å²) >= 11 is 6.13. The summed E-state index contributed by atoms with van der Waals surface area (Å²) in [6.45, 7) is 0. The summed E-state index contributed by atoms with van der Waals surface area (Å²) in [6.07, 6.45) is 4.58. The van der Waals surface area contributed by atoms with E-state index in [0.717, 1.165) is 0 Å². The van der Waals surface area contributed by atoms with Crippen LogP contribution < -0.4 is 4.74 Å². The molecule has 0 saturated heterocycles. The molecule has 0 fully saturated rings. The van der Waals surface area contributed by atoms with Crippen LogP contribution in [0.4, 0.5) is 4.39 Å². The molecule has 1 heterocycles. The number of rotatable bonds is 6. The Bertz CT molecular complexity index is 1100. The summed E-state index contributed by atoms with van der Waals surface area (Å²) in [7, 11) is 2.59. The molecular weight excluding hydrogens is 397 g/mol. The largest absolute Gasteiger partial charge is 0.493 e. The van der Waals surface area contributed by atoms with Crippen molar-refractivity contribution in [3.63, 3.8) is 0 Å². The Morgan fingerprint density at radius 1 is 1.07 bits per heavy atom. The number of para-hydroxylation sites is 1. The van der Waals surface area contributed by atoms with Gasteiger partial charge in [-0.25, -0.2) is 9.18 Å². The lowest BCUT2D eigenvalue weighted by Crippen LogP contribution is -2.10. The van der Waals surface area contributed by atoms with E-state index in [2.05, 4.69) is 4.74 Å². The first-order valence-corrected chi connectivity index (χ1v) is 8.94. The second kappa shape index (κ2) is 8.75. The maximum Gasteiger partial charge on any atom is 0.330 e. The van der Waals surface area contributed by atoms with Crippen LogP contribution in [0.5, 0.6) is 5.75 Å². The van der Waals surface area contributed by atoms with E-state index >= 15 is 0 Å². The zero-order valence-electron chi connectivity index (χ0n) is 15.7. The van der Waals surface area contributed by atoms with Crippen LogP contribution in [0.25, 0.3) is 11.8 Å². The molecule has 29 heavy (non-hydrogen) atoms. The molecule has 3 aromatic rings. The van der Waals surface area contributed by atoms with Crippen molar-refractivity contribution in [2.24, 2.45) is 0 Å². The van der Waals surface area contributed by atoms with Crippen molar-refractivity contribution in [1.29, 1.82) is 0 Å². The molecule has 5 nitrogen and oxygen atoms in total. The van der Waals surface area contributed by atoms with E-state index in [1.165, 1.54) is 44.6 Å². The molecule has 7 heteroatoms. The number of methoxy groups -OCH3 is 2. The smallest absolute Gasteiger partial charge is 0.330 e. The van der Waals surface area contributed by atoms with Crippen LogP contribution in [-0.4, -0.2) is 30.5 Å². The number of esters is 1. The first-order chi connectivity index (χ1) is 14.0. The highest BCUT2D eigenvalue weighted by molar-refractivity contribution is 6.31. The topological polar surface area (TPSA) is 57.5 Å². The summed E-state index contributed by atoms with van der Waals surface area (Å²) in [6, 6.07) is 12.5. The van der Waals surface area contributed by atoms with E-state index in [0.29, 0.717) is 16.4 Å². The minimum atomic E-state index is -0.635. The van der Waals surface area contributed by atoms with Gasteiger partial charge in [0, 0.05) is 28.6 Å². The summed E-state index contributed by atoms with van der Waals surface area (Å²) in [5, 5.41) is 0.353. The highest BCUT2D eigenvalue weighted by Crippen LogP contribution is 2.29. The third-order valence-electron chi connectivity index (χ3n) is 4.25. The maximum absolute atomic E-state index is 14.1. The van der Waals surface area contributed by atoms with Gasteiger partial charge in [-0.1, -0.05) is 17.7 Å². The van der Waals surface area contributed by atoms with E-state index in [-0.39, 0.29) is 16.9 Å². The fourth-order valence-corrected chi connectivity index (χ4v) is 3.08. The number of aromatic nitrogens is 1. The Hall–Kier alpha value is -3.38. The highest BCUT2D eigenvalue weighted by Gasteiger charge is 2.21. The zero-order valence-corrected chi connectivity index (χ0v) is 16.4. The number of carbonyl (C=O) groups excluding carboxylic acids is 2. The van der Waals surface area contributed by atoms with Gasteiger partial charge in [0.1, 0.15) is 0 Å². The van der Waals surface area contributed by atoms with Gasteiger partial charge in [-0.3, -0.25) is 4.79 Å². The Morgan fingerprint density at radius 2 is 1.86 bits per heavy atom. The molecule has 0 aliphatic rings. The van der Waals surface area contributed by atoms with E-state index in [4.69, 9.17) is 16.3 Å². The van der Waals surface area contributed by atoms with Crippen LogP contribution in [0.3, 0.4) is 0 Å². The predicted octanol–water partition coefficient (Wildman–Crippen LogP) is 4.70. The normalized spacial score (nSPS) is 10.9. The molecule has 1 aromatic heterocycles. The van der Waals surface area contributed by atoms with Crippen molar-refractivity contribution in [3.8, 4) is 11.4 Å². The summed E-state index contributed by atoms with van der Waals surface area (Å²) < 4.78 is 25.5. The van der Waals surface area contributed by atoms with Gasteiger partial charge in [-0.15, -0.1) is 0 Å². The summed E-state index contributed by atoms with van der Waals surface area (Å²) in [5.41, 5.74) is 1.48. The Labute approximate surface area is 171 Å². The minimum absolute atomic E-state index is 0.0785. The lowest BCUT2D eigenvalue weighted by atomic mass is 10.00. The summed E-state index contributed by atoms with van der Waals surface area (Å²) in [4.78, 5) is 24.7. The standard InChI is InChI=1S/C22H17ClFNO4/c1-28-20(26)11-9-15-5-4-12-25(15)19-10-8-14(23)13-17(19)21(27)16-6-3-7-18(24)22(16)29-2/h3-13H,1-2H3. The molecule has 0 atom stereocenters. The SMILES string of the molecule is COC(=O)C=Cc1cccn1-c1ccc(Cl)cc1C(=O)c1cccc(F)c1OC. The Morgan fingerprint density at radius 3 is 2.59 bits per heavy atom. The monoisotopic (exact) mass is 413 g/mol. The van der Waals surface area contributed by atoms with Crippen molar-refractivity contribution < 1.29 is 23.5 Å². The Kier molecular flexibility index (Phi) is 6.14. The molecule has 0 radical (unpaired) electrons. The van der Waals surface area contributed by atoms with Crippen molar-refractivity contribution in [3.05, 3.63) is 88.5 Å². The quantitative estimate of drug-likeness (QED) is 0.334. The predicted molar refractivity (Wildman–Crippen MR) is 108 cm³/mol. The highest BCUT2D eigenvalue weighted by atomic mass is 35.5. The third-order valence-corrected chi connectivity index (χ3v) is 4.49. The molecule has 2 aromatic carbocycles. The van der Waals surface area contributed by atoms with Crippen LogP contribution in [0, 0.1) is 5.82 Å². The third kappa shape index (κ3) is 4.22. The molecule has 0 amide bonds. The maximum atomic E-state index is 14.1. The molecule has 3 rings (SSSR count). The molecule has 0 spiro atoms. The first-order valence-electron chi connectivity index (χ1n) is 8.56. The molecule has 0 N–H and O–H groups in total. The first kappa shape index (κ1) is 20.4. The van der Waals surface area contributed by atoms with E-state index < -0.39 is 17.6 Å². The fraction of sp³-hybridized carbons (Fsp3) is 0.0909. The summed E-state index contributed by atoms with van der Waals surface area (Å²) in [5.74, 6) is -1.73. The van der Waals surface area contributed by atoms with Gasteiger partial charge in [0.2, 0.25) is 0 Å². The van der Waals surface area contributed by atoms with Crippen LogP contribution >= 0.6 is 11.6 Å². The lowest BCUT2D eigenvalue weighted by Gasteiger charge is -2.14. The Balaban J connectivity index is 2.13. The van der Waals surface area contributed by atoms with Crippen LogP contribution in [0.2, 0.25) is 5.02 Å².